The first-order chi connectivity index (χ1) is 4.38. The molecule has 1 atom stereocenters. The van der Waals surface area contributed by atoms with Crippen LogP contribution in [0.2, 0.25) is 0 Å². The molecule has 0 aromatic carbocycles. The van der Waals surface area contributed by atoms with E-state index in [1.54, 1.807) is 6.20 Å². The summed E-state index contributed by atoms with van der Waals surface area (Å²) < 4.78 is 2.09. The zero-order valence-electron chi connectivity index (χ0n) is 4.92. The second kappa shape index (κ2) is 1.74. The van der Waals surface area contributed by atoms with E-state index in [0.717, 1.165) is 18.8 Å². The van der Waals surface area contributed by atoms with Crippen molar-refractivity contribution in [1.29, 1.82) is 0 Å². The Labute approximate surface area is 58.5 Å². The van der Waals surface area contributed by atoms with Gasteiger partial charge in [0.1, 0.15) is 5.82 Å². The van der Waals surface area contributed by atoms with Crippen LogP contribution < -0.4 is 0 Å². The predicted octanol–water partition coefficient (Wildman–Crippen LogP) is 1.57. The number of aryl methyl sites for hydroxylation is 1. The van der Waals surface area contributed by atoms with Gasteiger partial charge in [-0.2, -0.15) is 0 Å². The van der Waals surface area contributed by atoms with Gasteiger partial charge in [-0.25, -0.2) is 4.98 Å². The Kier molecular flexibility index (Phi) is 1.02. The fraction of sp³-hybridized carbons (Fsp3) is 0.500. The SMILES string of the molecule is ClC1CCn2ccnc21. The van der Waals surface area contributed by atoms with E-state index < -0.39 is 0 Å². The van der Waals surface area contributed by atoms with Gasteiger partial charge in [0, 0.05) is 18.9 Å². The van der Waals surface area contributed by atoms with Crippen molar-refractivity contribution in [1.82, 2.24) is 9.55 Å². The highest BCUT2D eigenvalue weighted by atomic mass is 35.5. The largest absolute Gasteiger partial charge is 0.334 e. The lowest BCUT2D eigenvalue weighted by atomic mass is 10.3. The van der Waals surface area contributed by atoms with Crippen molar-refractivity contribution in [2.75, 3.05) is 0 Å². The third-order valence-corrected chi connectivity index (χ3v) is 2.06. The van der Waals surface area contributed by atoms with Crippen LogP contribution in [0.5, 0.6) is 0 Å². The molecule has 1 aromatic rings. The van der Waals surface area contributed by atoms with Gasteiger partial charge in [-0.3, -0.25) is 0 Å². The zero-order valence-corrected chi connectivity index (χ0v) is 5.67. The van der Waals surface area contributed by atoms with Gasteiger partial charge in [0.15, 0.2) is 0 Å². The Morgan fingerprint density at radius 2 is 2.67 bits per heavy atom. The van der Waals surface area contributed by atoms with Crippen LogP contribution in [0, 0.1) is 0 Å². The Hall–Kier alpha value is -0.500. The first-order valence-corrected chi connectivity index (χ1v) is 3.46. The number of imidazole rings is 1. The molecule has 2 nitrogen and oxygen atoms in total. The number of aromatic nitrogens is 2. The number of rotatable bonds is 0. The smallest absolute Gasteiger partial charge is 0.126 e. The van der Waals surface area contributed by atoms with Crippen LogP contribution in [-0.2, 0) is 6.54 Å². The molecule has 0 radical (unpaired) electrons. The number of fused-ring (bicyclic) bond motifs is 1. The average molecular weight is 143 g/mol. The van der Waals surface area contributed by atoms with E-state index in [4.69, 9.17) is 11.6 Å². The molecule has 0 saturated carbocycles. The molecule has 3 heteroatoms. The number of hydrogen-bond acceptors (Lipinski definition) is 1. The summed E-state index contributed by atoms with van der Waals surface area (Å²) in [5, 5.41) is 0.153. The topological polar surface area (TPSA) is 17.8 Å². The monoisotopic (exact) mass is 142 g/mol. The second-order valence-electron chi connectivity index (χ2n) is 2.24. The highest BCUT2D eigenvalue weighted by Gasteiger charge is 2.20. The quantitative estimate of drug-likeness (QED) is 0.503. The summed E-state index contributed by atoms with van der Waals surface area (Å²) in [5.74, 6) is 1.02. The van der Waals surface area contributed by atoms with Gasteiger partial charge < -0.3 is 4.57 Å². The minimum Gasteiger partial charge on any atom is -0.334 e. The maximum atomic E-state index is 5.90. The van der Waals surface area contributed by atoms with E-state index in [2.05, 4.69) is 9.55 Å². The van der Waals surface area contributed by atoms with E-state index in [1.165, 1.54) is 0 Å². The average Bonchev–Trinajstić information content (AvgIpc) is 2.35. The molecule has 0 bridgehead atoms. The third kappa shape index (κ3) is 0.663. The lowest BCUT2D eigenvalue weighted by Crippen LogP contribution is -1.88. The predicted molar refractivity (Wildman–Crippen MR) is 35.4 cm³/mol. The van der Waals surface area contributed by atoms with Crippen molar-refractivity contribution in [3.05, 3.63) is 18.2 Å². The fourth-order valence-corrected chi connectivity index (χ4v) is 1.45. The van der Waals surface area contributed by atoms with E-state index in [9.17, 15) is 0 Å². The Balaban J connectivity index is 2.49. The molecule has 9 heavy (non-hydrogen) atoms. The van der Waals surface area contributed by atoms with E-state index in [0.29, 0.717) is 0 Å². The minimum atomic E-state index is 0.153. The van der Waals surface area contributed by atoms with Gasteiger partial charge in [0.25, 0.3) is 0 Å². The molecule has 0 spiro atoms. The molecule has 0 fully saturated rings. The summed E-state index contributed by atoms with van der Waals surface area (Å²) in [6.45, 7) is 1.03. The molecular formula is C6H7ClN2. The van der Waals surface area contributed by atoms with Crippen LogP contribution in [-0.4, -0.2) is 9.55 Å². The van der Waals surface area contributed by atoms with Gasteiger partial charge in [0.2, 0.25) is 0 Å². The van der Waals surface area contributed by atoms with Crippen LogP contribution in [0.25, 0.3) is 0 Å². The van der Waals surface area contributed by atoms with E-state index in [-0.39, 0.29) is 5.38 Å². The van der Waals surface area contributed by atoms with Crippen molar-refractivity contribution < 1.29 is 0 Å². The molecule has 1 aromatic heterocycles. The summed E-state index contributed by atoms with van der Waals surface area (Å²) >= 11 is 5.90. The maximum absolute atomic E-state index is 5.90. The zero-order chi connectivity index (χ0) is 6.27. The lowest BCUT2D eigenvalue weighted by molar-refractivity contribution is 0.745. The molecular weight excluding hydrogens is 136 g/mol. The van der Waals surface area contributed by atoms with Crippen molar-refractivity contribution in [2.45, 2.75) is 18.3 Å². The molecule has 0 aliphatic carbocycles. The first kappa shape index (κ1) is 5.30. The highest BCUT2D eigenvalue weighted by Crippen LogP contribution is 2.29. The number of hydrogen-bond donors (Lipinski definition) is 0. The number of alkyl halides is 1. The molecule has 2 heterocycles. The summed E-state index contributed by atoms with van der Waals surface area (Å²) in [5.41, 5.74) is 0. The number of nitrogens with zero attached hydrogens (tertiary/aromatic N) is 2. The second-order valence-corrected chi connectivity index (χ2v) is 2.76. The van der Waals surface area contributed by atoms with Gasteiger partial charge in [-0.1, -0.05) is 0 Å². The van der Waals surface area contributed by atoms with E-state index in [1.807, 2.05) is 6.20 Å². The Bertz CT molecular complexity index is 219. The van der Waals surface area contributed by atoms with Crippen molar-refractivity contribution >= 4 is 11.6 Å². The lowest BCUT2D eigenvalue weighted by Gasteiger charge is -1.92. The summed E-state index contributed by atoms with van der Waals surface area (Å²) in [7, 11) is 0. The van der Waals surface area contributed by atoms with Gasteiger partial charge in [0.05, 0.1) is 5.38 Å². The first-order valence-electron chi connectivity index (χ1n) is 3.03. The number of halogens is 1. The molecule has 1 aliphatic heterocycles. The molecule has 1 unspecified atom stereocenters. The van der Waals surface area contributed by atoms with Gasteiger partial charge in [-0.05, 0) is 6.42 Å². The van der Waals surface area contributed by atoms with Crippen molar-refractivity contribution in [3.8, 4) is 0 Å². The van der Waals surface area contributed by atoms with E-state index >= 15 is 0 Å². The Morgan fingerprint density at radius 1 is 1.78 bits per heavy atom. The highest BCUT2D eigenvalue weighted by molar-refractivity contribution is 6.20. The third-order valence-electron chi connectivity index (χ3n) is 1.65. The molecule has 0 saturated heterocycles. The van der Waals surface area contributed by atoms with Crippen LogP contribution in [0.1, 0.15) is 17.6 Å². The van der Waals surface area contributed by atoms with Gasteiger partial charge >= 0.3 is 0 Å². The maximum Gasteiger partial charge on any atom is 0.126 e. The van der Waals surface area contributed by atoms with Gasteiger partial charge in [-0.15, -0.1) is 11.6 Å². The molecule has 48 valence electrons. The van der Waals surface area contributed by atoms with Crippen LogP contribution >= 0.6 is 11.6 Å². The normalized spacial score (nSPS) is 24.3. The summed E-state index contributed by atoms with van der Waals surface area (Å²) in [4.78, 5) is 4.11. The standard InChI is InChI=1S/C6H7ClN2/c7-5-1-3-9-4-2-8-6(5)9/h2,4-5H,1,3H2. The minimum absolute atomic E-state index is 0.153. The summed E-state index contributed by atoms with van der Waals surface area (Å²) in [6, 6.07) is 0. The molecule has 1 aliphatic rings. The summed E-state index contributed by atoms with van der Waals surface area (Å²) in [6.07, 6.45) is 4.80. The van der Waals surface area contributed by atoms with Crippen molar-refractivity contribution in [2.24, 2.45) is 0 Å². The van der Waals surface area contributed by atoms with Crippen LogP contribution in [0.4, 0.5) is 0 Å². The van der Waals surface area contributed by atoms with Crippen LogP contribution in [0.15, 0.2) is 12.4 Å². The van der Waals surface area contributed by atoms with Crippen LogP contribution in [0.3, 0.4) is 0 Å². The molecule has 0 N–H and O–H groups in total. The Morgan fingerprint density at radius 3 is 3.44 bits per heavy atom. The van der Waals surface area contributed by atoms with Crippen molar-refractivity contribution in [3.63, 3.8) is 0 Å². The fourth-order valence-electron chi connectivity index (χ4n) is 1.17. The molecule has 0 amide bonds. The molecule has 2 rings (SSSR count).